The van der Waals surface area contributed by atoms with E-state index in [9.17, 15) is 4.39 Å². The molecule has 0 aliphatic heterocycles. The van der Waals surface area contributed by atoms with E-state index in [-0.39, 0.29) is 17.1 Å². The monoisotopic (exact) mass is 425 g/mol. The molecule has 0 amide bonds. The molecule has 3 aromatic rings. The van der Waals surface area contributed by atoms with E-state index < -0.39 is 0 Å². The molecule has 150 valence electrons. The molecule has 6 heteroatoms. The molecule has 0 saturated carbocycles. The summed E-state index contributed by atoms with van der Waals surface area (Å²) in [5.74, 6) is -0.269. The normalized spacial score (nSPS) is 12.9. The van der Waals surface area contributed by atoms with Gasteiger partial charge < -0.3 is 10.7 Å². The van der Waals surface area contributed by atoms with Crippen LogP contribution in [0.1, 0.15) is 23.3 Å². The Bertz CT molecular complexity index is 933. The summed E-state index contributed by atoms with van der Waals surface area (Å²) >= 11 is 3.40. The molecule has 0 aliphatic rings. The van der Waals surface area contributed by atoms with E-state index in [2.05, 4.69) is 47.3 Å². The second-order valence-electron chi connectivity index (χ2n) is 6.59. The average molecular weight is 426 g/mol. The fraction of sp³-hybridized carbons (Fsp3) is 0.174. The highest BCUT2D eigenvalue weighted by atomic mass is 32.2. The van der Waals surface area contributed by atoms with Crippen LogP contribution in [0, 0.1) is 11.2 Å². The van der Waals surface area contributed by atoms with Crippen LogP contribution in [0.5, 0.6) is 0 Å². The molecule has 0 radical (unpaired) electrons. The molecule has 3 nitrogen and oxygen atoms in total. The van der Waals surface area contributed by atoms with Gasteiger partial charge in [0, 0.05) is 34.1 Å². The van der Waals surface area contributed by atoms with Gasteiger partial charge >= 0.3 is 0 Å². The lowest BCUT2D eigenvalue weighted by Gasteiger charge is -2.24. The summed E-state index contributed by atoms with van der Waals surface area (Å²) in [6.45, 7) is 2.18. The molecule has 3 aromatic carbocycles. The molecule has 1 unspecified atom stereocenters. The Morgan fingerprint density at radius 2 is 1.72 bits per heavy atom. The molecule has 0 heterocycles. The van der Waals surface area contributed by atoms with Gasteiger partial charge in [-0.05, 0) is 61.2 Å². The third-order valence-corrected chi connectivity index (χ3v) is 6.52. The van der Waals surface area contributed by atoms with Gasteiger partial charge in [0.05, 0.1) is 5.25 Å². The average Bonchev–Trinajstić information content (AvgIpc) is 2.75. The van der Waals surface area contributed by atoms with Crippen LogP contribution in [-0.4, -0.2) is 18.5 Å². The second kappa shape index (κ2) is 10.5. The topological polar surface area (TPSA) is 47.9 Å². The van der Waals surface area contributed by atoms with Crippen molar-refractivity contribution in [3.63, 3.8) is 0 Å². The number of nitrogens with one attached hydrogen (secondary N) is 3. The standard InChI is InChI=1S/C23H24FN3S2/c1-16(27-28-2)23(17-6-4-3-5-7-17)29-21-12-13-22(18(14-21)15-25)26-20-10-8-19(24)9-11-20/h3-16,23,25-27H,1-2H3/t16?,23-/m0/s1. The Hall–Kier alpha value is -2.28. The maximum absolute atomic E-state index is 13.1. The smallest absolute Gasteiger partial charge is 0.123 e. The maximum Gasteiger partial charge on any atom is 0.123 e. The molecule has 0 spiro atoms. The van der Waals surface area contributed by atoms with Crippen LogP contribution in [0.3, 0.4) is 0 Å². The van der Waals surface area contributed by atoms with Crippen LogP contribution >= 0.6 is 23.7 Å². The summed E-state index contributed by atoms with van der Waals surface area (Å²) in [5.41, 5.74) is 3.66. The van der Waals surface area contributed by atoms with Crippen LogP contribution < -0.4 is 10.0 Å². The van der Waals surface area contributed by atoms with E-state index in [1.54, 1.807) is 35.8 Å². The lowest BCUT2D eigenvalue weighted by Crippen LogP contribution is -2.25. The predicted octanol–water partition coefficient (Wildman–Crippen LogP) is 6.66. The van der Waals surface area contributed by atoms with Crippen molar-refractivity contribution in [1.29, 1.82) is 5.41 Å². The van der Waals surface area contributed by atoms with E-state index in [1.165, 1.54) is 23.9 Å². The number of halogens is 1. The van der Waals surface area contributed by atoms with Gasteiger partial charge in [0.2, 0.25) is 0 Å². The third kappa shape index (κ3) is 5.85. The van der Waals surface area contributed by atoms with Crippen molar-refractivity contribution in [2.24, 2.45) is 0 Å². The molecule has 3 rings (SSSR count). The Kier molecular flexibility index (Phi) is 7.75. The molecule has 0 bridgehead atoms. The van der Waals surface area contributed by atoms with Gasteiger partial charge in [0.1, 0.15) is 5.82 Å². The predicted molar refractivity (Wildman–Crippen MR) is 125 cm³/mol. The zero-order valence-electron chi connectivity index (χ0n) is 16.4. The zero-order valence-corrected chi connectivity index (χ0v) is 18.0. The first-order chi connectivity index (χ1) is 14.1. The molecule has 0 fully saturated rings. The van der Waals surface area contributed by atoms with E-state index in [1.807, 2.05) is 24.5 Å². The van der Waals surface area contributed by atoms with Crippen LogP contribution in [0.4, 0.5) is 15.8 Å². The number of benzene rings is 3. The highest BCUT2D eigenvalue weighted by Crippen LogP contribution is 2.39. The summed E-state index contributed by atoms with van der Waals surface area (Å²) in [5, 5.41) is 11.3. The largest absolute Gasteiger partial charge is 0.355 e. The minimum atomic E-state index is -0.269. The quantitative estimate of drug-likeness (QED) is 0.204. The Labute approximate surface area is 180 Å². The highest BCUT2D eigenvalue weighted by Gasteiger charge is 2.20. The van der Waals surface area contributed by atoms with Crippen molar-refractivity contribution in [2.75, 3.05) is 11.6 Å². The van der Waals surface area contributed by atoms with Crippen molar-refractivity contribution in [3.8, 4) is 0 Å². The van der Waals surface area contributed by atoms with Gasteiger partial charge in [-0.2, -0.15) is 0 Å². The number of rotatable bonds is 9. The van der Waals surface area contributed by atoms with Crippen LogP contribution in [0.2, 0.25) is 0 Å². The van der Waals surface area contributed by atoms with Crippen molar-refractivity contribution in [1.82, 2.24) is 4.72 Å². The summed E-state index contributed by atoms with van der Waals surface area (Å²) in [6, 6.07) is 23.0. The third-order valence-electron chi connectivity index (χ3n) is 4.45. The summed E-state index contributed by atoms with van der Waals surface area (Å²) in [7, 11) is 0. The van der Waals surface area contributed by atoms with E-state index >= 15 is 0 Å². The minimum Gasteiger partial charge on any atom is -0.355 e. The highest BCUT2D eigenvalue weighted by molar-refractivity contribution is 7.99. The fourth-order valence-electron chi connectivity index (χ4n) is 3.03. The lowest BCUT2D eigenvalue weighted by atomic mass is 10.1. The molecule has 0 saturated heterocycles. The molecule has 0 aromatic heterocycles. The number of hydrogen-bond donors (Lipinski definition) is 3. The number of thioether (sulfide) groups is 1. The van der Waals surface area contributed by atoms with Gasteiger partial charge in [-0.25, -0.2) is 4.39 Å². The van der Waals surface area contributed by atoms with Gasteiger partial charge in [-0.3, -0.25) is 4.72 Å². The second-order valence-corrected chi connectivity index (χ2v) is 8.44. The number of hydrogen-bond acceptors (Lipinski definition) is 5. The molecule has 3 N–H and O–H groups in total. The zero-order chi connectivity index (χ0) is 20.6. The number of anilines is 2. The van der Waals surface area contributed by atoms with Crippen molar-refractivity contribution in [3.05, 3.63) is 89.7 Å². The van der Waals surface area contributed by atoms with Crippen LogP contribution in [0.15, 0.2) is 77.7 Å². The van der Waals surface area contributed by atoms with Gasteiger partial charge in [-0.1, -0.05) is 42.3 Å². The van der Waals surface area contributed by atoms with Gasteiger partial charge in [0.15, 0.2) is 0 Å². The molecule has 2 atom stereocenters. The molecule has 29 heavy (non-hydrogen) atoms. The van der Waals surface area contributed by atoms with E-state index in [0.29, 0.717) is 0 Å². The SMILES string of the molecule is CSNC(C)[C@H](Sc1ccc(Nc2ccc(F)cc2)c(C=N)c1)c1ccccc1. The molecular formula is C23H24FN3S2. The molecular weight excluding hydrogens is 401 g/mol. The van der Waals surface area contributed by atoms with Crippen molar-refractivity contribution >= 4 is 41.3 Å². The summed E-state index contributed by atoms with van der Waals surface area (Å²) in [6.07, 6.45) is 3.38. The van der Waals surface area contributed by atoms with Gasteiger partial charge in [0.25, 0.3) is 0 Å². The van der Waals surface area contributed by atoms with Crippen LogP contribution in [-0.2, 0) is 0 Å². The van der Waals surface area contributed by atoms with E-state index in [4.69, 9.17) is 5.41 Å². The first-order valence-corrected chi connectivity index (χ1v) is 11.4. The van der Waals surface area contributed by atoms with Crippen molar-refractivity contribution < 1.29 is 4.39 Å². The minimum absolute atomic E-state index is 0.234. The van der Waals surface area contributed by atoms with Crippen molar-refractivity contribution in [2.45, 2.75) is 23.1 Å². The fourth-order valence-corrected chi connectivity index (χ4v) is 4.83. The Morgan fingerprint density at radius 1 is 1.00 bits per heavy atom. The summed E-state index contributed by atoms with van der Waals surface area (Å²) < 4.78 is 16.6. The lowest BCUT2D eigenvalue weighted by molar-refractivity contribution is 0.628. The first-order valence-electron chi connectivity index (χ1n) is 9.28. The molecule has 0 aliphatic carbocycles. The summed E-state index contributed by atoms with van der Waals surface area (Å²) in [4.78, 5) is 1.09. The Balaban J connectivity index is 1.83. The maximum atomic E-state index is 13.1. The van der Waals surface area contributed by atoms with E-state index in [0.717, 1.165) is 21.8 Å². The first kappa shape index (κ1) is 21.4. The van der Waals surface area contributed by atoms with Crippen LogP contribution in [0.25, 0.3) is 0 Å². The Morgan fingerprint density at radius 3 is 2.38 bits per heavy atom. The van der Waals surface area contributed by atoms with Gasteiger partial charge in [-0.15, -0.1) is 11.8 Å².